The van der Waals surface area contributed by atoms with Crippen LogP contribution in [0.15, 0.2) is 28.6 Å². The number of hydrogen-bond acceptors (Lipinski definition) is 6. The molecule has 0 aromatic carbocycles. The quantitative estimate of drug-likeness (QED) is 0.787. The largest absolute Gasteiger partial charge is 0.461 e. The summed E-state index contributed by atoms with van der Waals surface area (Å²) in [5.41, 5.74) is -0.0237. The summed E-state index contributed by atoms with van der Waals surface area (Å²) in [5.74, 6) is -0.633. The van der Waals surface area contributed by atoms with Crippen molar-refractivity contribution in [3.8, 4) is 0 Å². The second-order valence-electron chi connectivity index (χ2n) is 5.53. The minimum absolute atomic E-state index is 0.0237. The summed E-state index contributed by atoms with van der Waals surface area (Å²) in [4.78, 5) is 12.8. The number of esters is 1. The van der Waals surface area contributed by atoms with E-state index in [4.69, 9.17) is 4.74 Å². The van der Waals surface area contributed by atoms with Gasteiger partial charge in [0, 0.05) is 23.5 Å². The first-order chi connectivity index (χ1) is 11.5. The number of aromatic nitrogens is 2. The lowest BCUT2D eigenvalue weighted by Crippen LogP contribution is -2.36. The Hall–Kier alpha value is -1.71. The predicted molar refractivity (Wildman–Crippen MR) is 89.5 cm³/mol. The standard InChI is InChI=1S/C15H19N3O4S2/c1-2-22-15(19)13-10-14(17-16-13)24(20,21)18-7-3-5-11(18)9-12-6-4-8-23-12/h4,6,8,10-11H,2-3,5,7,9H2,1H3,(H,16,17)/t11-/m0/s1. The highest BCUT2D eigenvalue weighted by molar-refractivity contribution is 7.89. The lowest BCUT2D eigenvalue weighted by Gasteiger charge is -2.22. The predicted octanol–water partition coefficient (Wildman–Crippen LogP) is 2.04. The minimum Gasteiger partial charge on any atom is -0.461 e. The van der Waals surface area contributed by atoms with E-state index in [1.165, 1.54) is 15.2 Å². The van der Waals surface area contributed by atoms with Crippen LogP contribution in [-0.4, -0.2) is 48.1 Å². The number of nitrogens with one attached hydrogen (secondary N) is 1. The fraction of sp³-hybridized carbons (Fsp3) is 0.467. The van der Waals surface area contributed by atoms with E-state index in [9.17, 15) is 13.2 Å². The summed E-state index contributed by atoms with van der Waals surface area (Å²) in [5, 5.41) is 8.16. The number of nitrogens with zero attached hydrogens (tertiary/aromatic N) is 2. The summed E-state index contributed by atoms with van der Waals surface area (Å²) >= 11 is 1.63. The van der Waals surface area contributed by atoms with E-state index in [2.05, 4.69) is 10.2 Å². The first-order valence-corrected chi connectivity index (χ1v) is 10.1. The highest BCUT2D eigenvalue weighted by atomic mass is 32.2. The van der Waals surface area contributed by atoms with Crippen molar-refractivity contribution in [3.63, 3.8) is 0 Å². The van der Waals surface area contributed by atoms with E-state index < -0.39 is 16.0 Å². The van der Waals surface area contributed by atoms with E-state index in [0.29, 0.717) is 13.0 Å². The van der Waals surface area contributed by atoms with Gasteiger partial charge in [-0.2, -0.15) is 9.40 Å². The number of carbonyl (C=O) groups is 1. The number of carbonyl (C=O) groups excluding carboxylic acids is 1. The molecule has 3 rings (SSSR count). The van der Waals surface area contributed by atoms with Crippen LogP contribution >= 0.6 is 11.3 Å². The Morgan fingerprint density at radius 3 is 3.08 bits per heavy atom. The summed E-state index contributed by atoms with van der Waals surface area (Å²) < 4.78 is 32.1. The molecule has 0 aliphatic carbocycles. The van der Waals surface area contributed by atoms with Crippen molar-refractivity contribution in [2.75, 3.05) is 13.2 Å². The third-order valence-electron chi connectivity index (χ3n) is 3.97. The van der Waals surface area contributed by atoms with Crippen molar-refractivity contribution in [3.05, 3.63) is 34.2 Å². The Bertz CT molecular complexity index is 799. The van der Waals surface area contributed by atoms with E-state index >= 15 is 0 Å². The molecule has 2 aromatic rings. The van der Waals surface area contributed by atoms with Crippen LogP contribution in [0.1, 0.15) is 35.1 Å². The molecule has 7 nitrogen and oxygen atoms in total. The van der Waals surface area contributed by atoms with E-state index in [-0.39, 0.29) is 23.4 Å². The number of aromatic amines is 1. The second kappa shape index (κ2) is 7.04. The van der Waals surface area contributed by atoms with E-state index in [1.54, 1.807) is 18.3 Å². The van der Waals surface area contributed by atoms with Crippen LogP contribution in [0.5, 0.6) is 0 Å². The molecule has 1 N–H and O–H groups in total. The van der Waals surface area contributed by atoms with Gasteiger partial charge in [-0.3, -0.25) is 5.10 Å². The van der Waals surface area contributed by atoms with Gasteiger partial charge < -0.3 is 4.74 Å². The van der Waals surface area contributed by atoms with Crippen LogP contribution in [0.25, 0.3) is 0 Å². The molecule has 1 atom stereocenters. The maximum Gasteiger partial charge on any atom is 0.358 e. The van der Waals surface area contributed by atoms with Gasteiger partial charge in [-0.25, -0.2) is 13.2 Å². The summed E-state index contributed by atoms with van der Waals surface area (Å²) in [6, 6.07) is 5.16. The average Bonchev–Trinajstić information content (AvgIpc) is 3.29. The fourth-order valence-electron chi connectivity index (χ4n) is 2.86. The molecule has 0 amide bonds. The molecule has 0 unspecified atom stereocenters. The zero-order valence-electron chi connectivity index (χ0n) is 13.3. The normalized spacial score (nSPS) is 18.8. The van der Waals surface area contributed by atoms with Gasteiger partial charge in [0.15, 0.2) is 10.7 Å². The molecule has 0 bridgehead atoms. The topological polar surface area (TPSA) is 92.4 Å². The molecule has 0 radical (unpaired) electrons. The summed E-state index contributed by atoms with van der Waals surface area (Å²) in [6.07, 6.45) is 2.36. The van der Waals surface area contributed by atoms with Gasteiger partial charge in [-0.1, -0.05) is 6.07 Å². The van der Waals surface area contributed by atoms with Gasteiger partial charge in [0.2, 0.25) is 0 Å². The van der Waals surface area contributed by atoms with Crippen molar-refractivity contribution >= 4 is 27.3 Å². The summed E-state index contributed by atoms with van der Waals surface area (Å²) in [7, 11) is -3.71. The highest BCUT2D eigenvalue weighted by Gasteiger charge is 2.36. The maximum absolute atomic E-state index is 12.9. The van der Waals surface area contributed by atoms with Gasteiger partial charge in [0.05, 0.1) is 6.61 Å². The molecule has 2 aromatic heterocycles. The van der Waals surface area contributed by atoms with Crippen LogP contribution in [0.2, 0.25) is 0 Å². The molecule has 130 valence electrons. The molecular formula is C15H19N3O4S2. The molecule has 9 heteroatoms. The Morgan fingerprint density at radius 1 is 1.54 bits per heavy atom. The van der Waals surface area contributed by atoms with Gasteiger partial charge in [-0.15, -0.1) is 11.3 Å². The molecule has 3 heterocycles. The molecule has 0 spiro atoms. The number of hydrogen-bond donors (Lipinski definition) is 1. The second-order valence-corrected chi connectivity index (χ2v) is 8.42. The van der Waals surface area contributed by atoms with Crippen molar-refractivity contribution in [1.29, 1.82) is 0 Å². The molecule has 1 aliphatic rings. The van der Waals surface area contributed by atoms with Gasteiger partial charge in [0.1, 0.15) is 0 Å². The lowest BCUT2D eigenvalue weighted by atomic mass is 10.1. The van der Waals surface area contributed by atoms with Gasteiger partial charge in [0.25, 0.3) is 10.0 Å². The minimum atomic E-state index is -3.71. The lowest BCUT2D eigenvalue weighted by molar-refractivity contribution is 0.0519. The molecule has 1 saturated heterocycles. The van der Waals surface area contributed by atoms with E-state index in [0.717, 1.165) is 12.8 Å². The Labute approximate surface area is 144 Å². The number of rotatable bonds is 6. The third-order valence-corrected chi connectivity index (χ3v) is 6.73. The molecule has 24 heavy (non-hydrogen) atoms. The van der Waals surface area contributed by atoms with Crippen LogP contribution in [0.3, 0.4) is 0 Å². The Morgan fingerprint density at radius 2 is 2.38 bits per heavy atom. The zero-order chi connectivity index (χ0) is 17.2. The van der Waals surface area contributed by atoms with Crippen molar-refractivity contribution in [2.45, 2.75) is 37.3 Å². The fourth-order valence-corrected chi connectivity index (χ4v) is 5.26. The van der Waals surface area contributed by atoms with E-state index in [1.807, 2.05) is 17.5 Å². The van der Waals surface area contributed by atoms with Crippen LogP contribution < -0.4 is 0 Å². The summed E-state index contributed by atoms with van der Waals surface area (Å²) in [6.45, 7) is 2.37. The monoisotopic (exact) mass is 369 g/mol. The molecular weight excluding hydrogens is 350 g/mol. The van der Waals surface area contributed by atoms with Crippen molar-refractivity contribution in [1.82, 2.24) is 14.5 Å². The SMILES string of the molecule is CCOC(=O)c1cc(S(=O)(=O)N2CCC[C@H]2Cc2cccs2)[nH]n1. The van der Waals surface area contributed by atoms with Gasteiger partial charge >= 0.3 is 5.97 Å². The molecule has 0 saturated carbocycles. The van der Waals surface area contributed by atoms with Crippen LogP contribution in [0.4, 0.5) is 0 Å². The van der Waals surface area contributed by atoms with Crippen LogP contribution in [-0.2, 0) is 21.2 Å². The smallest absolute Gasteiger partial charge is 0.358 e. The van der Waals surface area contributed by atoms with Crippen molar-refractivity contribution in [2.24, 2.45) is 0 Å². The number of sulfonamides is 1. The maximum atomic E-state index is 12.9. The first kappa shape index (κ1) is 17.1. The number of ether oxygens (including phenoxy) is 1. The Kier molecular flexibility index (Phi) is 5.02. The third kappa shape index (κ3) is 3.38. The highest BCUT2D eigenvalue weighted by Crippen LogP contribution is 2.28. The number of thiophene rings is 1. The zero-order valence-corrected chi connectivity index (χ0v) is 14.9. The van der Waals surface area contributed by atoms with Crippen molar-refractivity contribution < 1.29 is 17.9 Å². The number of H-pyrrole nitrogens is 1. The molecule has 1 fully saturated rings. The van der Waals surface area contributed by atoms with Crippen LogP contribution in [0, 0.1) is 0 Å². The average molecular weight is 369 g/mol. The molecule has 1 aliphatic heterocycles. The Balaban J connectivity index is 1.80. The first-order valence-electron chi connectivity index (χ1n) is 7.79. The van der Waals surface area contributed by atoms with Gasteiger partial charge in [-0.05, 0) is 37.6 Å².